The van der Waals surface area contributed by atoms with Crippen molar-refractivity contribution in [1.29, 1.82) is 0 Å². The lowest BCUT2D eigenvalue weighted by atomic mass is 9.74. The lowest BCUT2D eigenvalue weighted by Crippen LogP contribution is -2.26. The Hall–Kier alpha value is -2.09. The molecule has 0 spiro atoms. The van der Waals surface area contributed by atoms with Gasteiger partial charge in [0.05, 0.1) is 37.3 Å². The number of aromatic nitrogens is 2. The van der Waals surface area contributed by atoms with Crippen LogP contribution in [-0.2, 0) is 6.42 Å². The number of thioether (sulfide) groups is 1. The van der Waals surface area contributed by atoms with Gasteiger partial charge in [0.2, 0.25) is 0 Å². The van der Waals surface area contributed by atoms with Crippen molar-refractivity contribution in [3.05, 3.63) is 52.2 Å². The Balaban J connectivity index is 1.77. The van der Waals surface area contributed by atoms with Crippen LogP contribution in [0.15, 0.2) is 34.7 Å². The summed E-state index contributed by atoms with van der Waals surface area (Å²) in [5.41, 5.74) is 3.32. The van der Waals surface area contributed by atoms with Crippen LogP contribution in [0.2, 0.25) is 5.02 Å². The van der Waals surface area contributed by atoms with Crippen LogP contribution < -0.4 is 5.32 Å². The molecule has 8 heteroatoms. The molecule has 2 heterocycles. The number of anilines is 1. The van der Waals surface area contributed by atoms with E-state index in [-0.39, 0.29) is 17.1 Å². The molecular weight excluding hydrogens is 426 g/mol. The van der Waals surface area contributed by atoms with Crippen molar-refractivity contribution < 1.29 is 9.59 Å². The standard InChI is InChI=1S/C21H20ClN3O2S2/c1-21(2)8-11-16(15(26)9-21)20(28-3)29-18(11)17-12(10-23-25-17)19(27)24-14-7-5-4-6-13(14)22/h4-7,10H,8-9H2,1-3H3,(H,23,25)(H,24,27). The first-order valence-electron chi connectivity index (χ1n) is 9.13. The Labute approximate surface area is 182 Å². The van der Waals surface area contributed by atoms with E-state index in [1.54, 1.807) is 35.2 Å². The van der Waals surface area contributed by atoms with Crippen LogP contribution >= 0.6 is 34.7 Å². The minimum absolute atomic E-state index is 0.115. The van der Waals surface area contributed by atoms with Gasteiger partial charge in [0.1, 0.15) is 0 Å². The molecule has 0 atom stereocenters. The van der Waals surface area contributed by atoms with Crippen LogP contribution in [0.3, 0.4) is 0 Å². The Kier molecular flexibility index (Phi) is 5.31. The second-order valence-electron chi connectivity index (χ2n) is 7.81. The summed E-state index contributed by atoms with van der Waals surface area (Å²) >= 11 is 9.29. The summed E-state index contributed by atoms with van der Waals surface area (Å²) in [4.78, 5) is 26.7. The molecule has 0 radical (unpaired) electrons. The van der Waals surface area contributed by atoms with Gasteiger partial charge < -0.3 is 5.32 Å². The fraction of sp³-hybridized carbons (Fsp3) is 0.286. The van der Waals surface area contributed by atoms with Gasteiger partial charge in [-0.2, -0.15) is 5.10 Å². The van der Waals surface area contributed by atoms with Crippen LogP contribution in [0.1, 0.15) is 46.5 Å². The van der Waals surface area contributed by atoms with E-state index < -0.39 is 0 Å². The van der Waals surface area contributed by atoms with E-state index in [2.05, 4.69) is 29.4 Å². The number of ketones is 1. The third-order valence-electron chi connectivity index (χ3n) is 4.97. The minimum atomic E-state index is -0.295. The lowest BCUT2D eigenvalue weighted by Gasteiger charge is -2.29. The highest BCUT2D eigenvalue weighted by molar-refractivity contribution is 8.00. The summed E-state index contributed by atoms with van der Waals surface area (Å²) in [6.07, 6.45) is 4.81. The van der Waals surface area contributed by atoms with E-state index in [4.69, 9.17) is 11.6 Å². The molecule has 0 saturated carbocycles. The highest BCUT2D eigenvalue weighted by Gasteiger charge is 2.37. The van der Waals surface area contributed by atoms with Crippen molar-refractivity contribution in [3.8, 4) is 10.6 Å². The number of hydrogen-bond donors (Lipinski definition) is 2. The predicted molar refractivity (Wildman–Crippen MR) is 120 cm³/mol. The average molecular weight is 446 g/mol. The van der Waals surface area contributed by atoms with Crippen molar-refractivity contribution in [1.82, 2.24) is 10.2 Å². The molecular formula is C21H20ClN3O2S2. The van der Waals surface area contributed by atoms with Gasteiger partial charge in [-0.3, -0.25) is 14.7 Å². The monoisotopic (exact) mass is 445 g/mol. The van der Waals surface area contributed by atoms with Crippen LogP contribution in [0.25, 0.3) is 10.6 Å². The number of benzene rings is 1. The van der Waals surface area contributed by atoms with E-state index in [9.17, 15) is 9.59 Å². The molecule has 2 N–H and O–H groups in total. The summed E-state index contributed by atoms with van der Waals surface area (Å²) < 4.78 is 0.988. The number of hydrogen-bond acceptors (Lipinski definition) is 5. The number of nitrogens with one attached hydrogen (secondary N) is 2. The first kappa shape index (κ1) is 20.2. The third-order valence-corrected chi connectivity index (χ3v) is 7.67. The zero-order chi connectivity index (χ0) is 20.8. The van der Waals surface area contributed by atoms with Gasteiger partial charge >= 0.3 is 0 Å². The topological polar surface area (TPSA) is 74.8 Å². The number of Topliss-reactive ketones (excluding diaryl/α,β-unsaturated/α-hetero) is 1. The van der Waals surface area contributed by atoms with Gasteiger partial charge in [-0.05, 0) is 35.8 Å². The van der Waals surface area contributed by atoms with Crippen LogP contribution in [0, 0.1) is 5.41 Å². The van der Waals surface area contributed by atoms with E-state index >= 15 is 0 Å². The normalized spacial score (nSPS) is 15.2. The van der Waals surface area contributed by atoms with Gasteiger partial charge in [0.25, 0.3) is 5.91 Å². The fourth-order valence-corrected chi connectivity index (χ4v) is 5.97. The number of H-pyrrole nitrogens is 1. The Morgan fingerprint density at radius 1 is 1.31 bits per heavy atom. The summed E-state index contributed by atoms with van der Waals surface area (Å²) in [7, 11) is 0. The number of amides is 1. The second kappa shape index (κ2) is 7.63. The first-order valence-corrected chi connectivity index (χ1v) is 11.5. The highest BCUT2D eigenvalue weighted by Crippen LogP contribution is 2.48. The molecule has 150 valence electrons. The molecule has 1 aromatic carbocycles. The Morgan fingerprint density at radius 3 is 2.79 bits per heavy atom. The van der Waals surface area contributed by atoms with Crippen LogP contribution in [0.4, 0.5) is 5.69 Å². The zero-order valence-electron chi connectivity index (χ0n) is 16.3. The molecule has 0 saturated heterocycles. The number of rotatable bonds is 4. The number of halogens is 1. The van der Waals surface area contributed by atoms with Crippen molar-refractivity contribution >= 4 is 52.1 Å². The molecule has 2 aromatic heterocycles. The van der Waals surface area contributed by atoms with Crippen molar-refractivity contribution in [3.63, 3.8) is 0 Å². The van der Waals surface area contributed by atoms with Crippen molar-refractivity contribution in [2.45, 2.75) is 30.9 Å². The van der Waals surface area contributed by atoms with E-state index in [1.165, 1.54) is 6.20 Å². The van der Waals surface area contributed by atoms with Crippen molar-refractivity contribution in [2.75, 3.05) is 11.6 Å². The summed E-state index contributed by atoms with van der Waals surface area (Å²) in [5, 5.41) is 10.4. The summed E-state index contributed by atoms with van der Waals surface area (Å²) in [6.45, 7) is 4.21. The van der Waals surface area contributed by atoms with E-state index in [1.807, 2.05) is 18.4 Å². The van der Waals surface area contributed by atoms with Gasteiger partial charge in [0.15, 0.2) is 5.78 Å². The molecule has 1 amide bonds. The van der Waals surface area contributed by atoms with Crippen LogP contribution in [0.5, 0.6) is 0 Å². The fourth-order valence-electron chi connectivity index (χ4n) is 3.69. The summed E-state index contributed by atoms with van der Waals surface area (Å²) in [6, 6.07) is 7.09. The van der Waals surface area contributed by atoms with Gasteiger partial charge in [-0.25, -0.2) is 0 Å². The number of nitrogens with zero attached hydrogens (tertiary/aromatic N) is 1. The Bertz CT molecular complexity index is 1120. The molecule has 3 aromatic rings. The smallest absolute Gasteiger partial charge is 0.259 e. The molecule has 1 aliphatic carbocycles. The lowest BCUT2D eigenvalue weighted by molar-refractivity contribution is 0.0910. The number of fused-ring (bicyclic) bond motifs is 1. The maximum absolute atomic E-state index is 13.0. The molecule has 4 rings (SSSR count). The average Bonchev–Trinajstić information content (AvgIpc) is 3.27. The maximum Gasteiger partial charge on any atom is 0.259 e. The van der Waals surface area contributed by atoms with E-state index in [0.717, 1.165) is 26.6 Å². The van der Waals surface area contributed by atoms with E-state index in [0.29, 0.717) is 28.4 Å². The molecule has 5 nitrogen and oxygen atoms in total. The molecule has 0 bridgehead atoms. The number of carbonyl (C=O) groups excluding carboxylic acids is 2. The van der Waals surface area contributed by atoms with Crippen LogP contribution in [-0.4, -0.2) is 28.1 Å². The van der Waals surface area contributed by atoms with Gasteiger partial charge in [0, 0.05) is 12.0 Å². The predicted octanol–water partition coefficient (Wildman–Crippen LogP) is 5.92. The number of carbonyl (C=O) groups is 2. The third kappa shape index (κ3) is 3.74. The highest BCUT2D eigenvalue weighted by atomic mass is 35.5. The number of thiophene rings is 1. The zero-order valence-corrected chi connectivity index (χ0v) is 18.6. The number of aromatic amines is 1. The first-order chi connectivity index (χ1) is 13.8. The van der Waals surface area contributed by atoms with Gasteiger partial charge in [-0.1, -0.05) is 37.6 Å². The Morgan fingerprint density at radius 2 is 2.07 bits per heavy atom. The molecule has 1 aliphatic rings. The molecule has 29 heavy (non-hydrogen) atoms. The quantitative estimate of drug-likeness (QED) is 0.488. The van der Waals surface area contributed by atoms with Gasteiger partial charge in [-0.15, -0.1) is 23.1 Å². The SMILES string of the molecule is CSc1sc(-c2[nH]ncc2C(=O)Nc2ccccc2Cl)c2c1C(=O)CC(C)(C)C2. The largest absolute Gasteiger partial charge is 0.321 e. The summed E-state index contributed by atoms with van der Waals surface area (Å²) in [5.74, 6) is -0.124. The minimum Gasteiger partial charge on any atom is -0.321 e. The molecule has 0 unspecified atom stereocenters. The van der Waals surface area contributed by atoms with Crippen molar-refractivity contribution in [2.24, 2.45) is 5.41 Å². The second-order valence-corrected chi connectivity index (χ2v) is 10.3. The molecule has 0 aliphatic heterocycles. The molecule has 0 fully saturated rings. The maximum atomic E-state index is 13.0. The number of para-hydroxylation sites is 1.